The lowest BCUT2D eigenvalue weighted by Crippen LogP contribution is -2.31. The van der Waals surface area contributed by atoms with Crippen molar-refractivity contribution in [2.75, 3.05) is 33.3 Å². The van der Waals surface area contributed by atoms with Gasteiger partial charge < -0.3 is 28.3 Å². The summed E-state index contributed by atoms with van der Waals surface area (Å²) in [6.45, 7) is 0. The third kappa shape index (κ3) is 7.00. The van der Waals surface area contributed by atoms with E-state index in [4.69, 9.17) is 46.6 Å². The predicted octanol–water partition coefficient (Wildman–Crippen LogP) is 6.37. The van der Waals surface area contributed by atoms with Gasteiger partial charge in [0, 0.05) is 33.6 Å². The fourth-order valence-electron chi connectivity index (χ4n) is 4.51. The summed E-state index contributed by atoms with van der Waals surface area (Å²) in [4.78, 5) is 58.7. The number of nitrogens with zero attached hydrogens (tertiary/aromatic N) is 2. The average Bonchev–Trinajstić information content (AvgIpc) is 3.46. The van der Waals surface area contributed by atoms with Crippen molar-refractivity contribution in [3.05, 3.63) is 112 Å². The summed E-state index contributed by atoms with van der Waals surface area (Å²) in [7, 11) is 4.53. The van der Waals surface area contributed by atoms with Gasteiger partial charge in [0.15, 0.2) is 5.76 Å². The van der Waals surface area contributed by atoms with Gasteiger partial charge in [0.05, 0.1) is 39.7 Å². The number of benzene rings is 2. The molecule has 2 aromatic heterocycles. The number of carbonyl (C=O) groups excluding carboxylic acids is 4. The lowest BCUT2D eigenvalue weighted by Gasteiger charge is -2.34. The van der Waals surface area contributed by atoms with Crippen molar-refractivity contribution in [1.29, 1.82) is 0 Å². The van der Waals surface area contributed by atoms with Crippen LogP contribution in [-0.4, -0.2) is 57.3 Å². The molecule has 0 aliphatic rings. The van der Waals surface area contributed by atoms with E-state index in [-0.39, 0.29) is 28.3 Å². The summed E-state index contributed by atoms with van der Waals surface area (Å²) in [6, 6.07) is 16.3. The first kappa shape index (κ1) is 32.8. The summed E-state index contributed by atoms with van der Waals surface area (Å²) >= 11 is 12.4. The minimum Gasteiger partial charge on any atom is -0.466 e. The van der Waals surface area contributed by atoms with Crippen molar-refractivity contribution in [3.63, 3.8) is 0 Å². The zero-order chi connectivity index (χ0) is 32.7. The van der Waals surface area contributed by atoms with Gasteiger partial charge in [-0.2, -0.15) is 0 Å². The summed E-state index contributed by atoms with van der Waals surface area (Å²) in [5.41, 5.74) is 0.315. The highest BCUT2D eigenvalue weighted by atomic mass is 35.5. The number of hydrogen-bond donors (Lipinski definition) is 0. The van der Waals surface area contributed by atoms with E-state index in [0.29, 0.717) is 21.3 Å². The monoisotopic (exact) mass is 652 g/mol. The Labute approximate surface area is 267 Å². The van der Waals surface area contributed by atoms with Gasteiger partial charge in [0.25, 0.3) is 0 Å². The molecule has 1 unspecified atom stereocenters. The van der Waals surface area contributed by atoms with E-state index in [9.17, 15) is 19.2 Å². The second-order valence-corrected chi connectivity index (χ2v) is 9.96. The fraction of sp³-hybridized carbons (Fsp3) is 0.156. The van der Waals surface area contributed by atoms with Gasteiger partial charge in [0.2, 0.25) is 5.76 Å². The normalized spacial score (nSPS) is 11.7. The SMILES string of the molecule is COC(=O)/C=C(\C(=O)OC)C(c1ccccn1)N(c1ccc(Cl)cc1)c1c(-c2ccc(Cl)cc2)oc(C(=O)OC)c1C(=O)OC. The molecule has 45 heavy (non-hydrogen) atoms. The molecule has 0 bridgehead atoms. The summed E-state index contributed by atoms with van der Waals surface area (Å²) in [6.07, 6.45) is 2.43. The molecule has 4 rings (SSSR count). The third-order valence-electron chi connectivity index (χ3n) is 6.51. The summed E-state index contributed by atoms with van der Waals surface area (Å²) in [5, 5.41) is 0.781. The van der Waals surface area contributed by atoms with E-state index in [1.165, 1.54) is 11.1 Å². The lowest BCUT2D eigenvalue weighted by molar-refractivity contribution is -0.138. The van der Waals surface area contributed by atoms with Crippen LogP contribution in [0.1, 0.15) is 32.6 Å². The van der Waals surface area contributed by atoms with Crippen molar-refractivity contribution < 1.29 is 42.5 Å². The number of ether oxygens (including phenoxy) is 4. The van der Waals surface area contributed by atoms with Gasteiger partial charge in [0.1, 0.15) is 17.3 Å². The third-order valence-corrected chi connectivity index (χ3v) is 7.02. The Bertz CT molecular complexity index is 1730. The second-order valence-electron chi connectivity index (χ2n) is 9.09. The van der Waals surface area contributed by atoms with Crippen molar-refractivity contribution in [2.45, 2.75) is 6.04 Å². The molecule has 0 N–H and O–H groups in total. The van der Waals surface area contributed by atoms with E-state index in [2.05, 4.69) is 4.98 Å². The van der Waals surface area contributed by atoms with Crippen LogP contribution < -0.4 is 4.90 Å². The molecule has 0 aliphatic carbocycles. The maximum atomic E-state index is 13.6. The molecule has 1 atom stereocenters. The maximum Gasteiger partial charge on any atom is 0.374 e. The van der Waals surface area contributed by atoms with Crippen LogP contribution in [0.2, 0.25) is 10.0 Å². The molecule has 2 heterocycles. The Morgan fingerprint density at radius 1 is 0.800 bits per heavy atom. The molecule has 0 radical (unpaired) electrons. The first-order chi connectivity index (χ1) is 21.6. The van der Waals surface area contributed by atoms with E-state index >= 15 is 0 Å². The van der Waals surface area contributed by atoms with Gasteiger partial charge in [-0.3, -0.25) is 4.98 Å². The Kier molecular flexibility index (Phi) is 10.6. The molecule has 4 aromatic rings. The van der Waals surface area contributed by atoms with Crippen LogP contribution in [0.5, 0.6) is 0 Å². The highest BCUT2D eigenvalue weighted by Crippen LogP contribution is 2.48. The number of aromatic nitrogens is 1. The van der Waals surface area contributed by atoms with Crippen LogP contribution >= 0.6 is 23.2 Å². The molecule has 0 saturated heterocycles. The second kappa shape index (κ2) is 14.6. The minimum atomic E-state index is -1.31. The molecule has 0 saturated carbocycles. The molecule has 11 nitrogen and oxygen atoms in total. The molecule has 2 aromatic carbocycles. The number of esters is 4. The summed E-state index contributed by atoms with van der Waals surface area (Å²) < 4.78 is 26.1. The highest BCUT2D eigenvalue weighted by Gasteiger charge is 2.41. The number of rotatable bonds is 10. The van der Waals surface area contributed by atoms with Crippen LogP contribution in [0, 0.1) is 0 Å². The predicted molar refractivity (Wildman–Crippen MR) is 165 cm³/mol. The first-order valence-electron chi connectivity index (χ1n) is 13.1. The highest BCUT2D eigenvalue weighted by molar-refractivity contribution is 6.31. The number of hydrogen-bond acceptors (Lipinski definition) is 11. The van der Waals surface area contributed by atoms with Crippen molar-refractivity contribution >= 4 is 58.5 Å². The molecule has 0 amide bonds. The summed E-state index contributed by atoms with van der Waals surface area (Å²) in [5.74, 6) is -4.24. The molecule has 0 fully saturated rings. The zero-order valence-electron chi connectivity index (χ0n) is 24.4. The maximum absolute atomic E-state index is 13.6. The molecule has 0 spiro atoms. The van der Waals surface area contributed by atoms with Gasteiger partial charge in [-0.25, -0.2) is 19.2 Å². The quantitative estimate of drug-likeness (QED) is 0.107. The topological polar surface area (TPSA) is 134 Å². The van der Waals surface area contributed by atoms with Crippen LogP contribution in [0.25, 0.3) is 11.3 Å². The standard InChI is InChI=1S/C32H26Cl2N2O9/c1-41-24(37)17-22(30(38)42-2)26(23-7-5-6-16-35-23)36(21-14-12-20(34)13-15-21)27-25(31(39)43-3)29(32(40)44-4)45-28(27)18-8-10-19(33)11-9-18/h5-17,26H,1-4H3/b22-17-. The zero-order valence-corrected chi connectivity index (χ0v) is 25.9. The van der Waals surface area contributed by atoms with E-state index in [1.54, 1.807) is 66.7 Å². The number of halogens is 2. The number of pyridine rings is 1. The molecular weight excluding hydrogens is 627 g/mol. The van der Waals surface area contributed by atoms with Gasteiger partial charge in [-0.15, -0.1) is 0 Å². The molecule has 13 heteroatoms. The van der Waals surface area contributed by atoms with Crippen LogP contribution in [0.3, 0.4) is 0 Å². The van der Waals surface area contributed by atoms with Crippen LogP contribution in [0.15, 0.2) is 89.0 Å². The lowest BCUT2D eigenvalue weighted by atomic mass is 9.96. The van der Waals surface area contributed by atoms with Gasteiger partial charge >= 0.3 is 23.9 Å². The van der Waals surface area contributed by atoms with E-state index in [0.717, 1.165) is 34.5 Å². The largest absolute Gasteiger partial charge is 0.466 e. The van der Waals surface area contributed by atoms with Crippen LogP contribution in [-0.2, 0) is 28.5 Å². The van der Waals surface area contributed by atoms with E-state index < -0.39 is 35.7 Å². The van der Waals surface area contributed by atoms with Gasteiger partial charge in [-0.1, -0.05) is 29.3 Å². The Morgan fingerprint density at radius 2 is 1.42 bits per heavy atom. The minimum absolute atomic E-state index is 0.00867. The molecule has 0 aliphatic heterocycles. The Hall–Kier alpha value is -5.13. The number of methoxy groups -OCH3 is 4. The molecule has 232 valence electrons. The average molecular weight is 653 g/mol. The Morgan fingerprint density at radius 3 is 1.96 bits per heavy atom. The smallest absolute Gasteiger partial charge is 0.374 e. The van der Waals surface area contributed by atoms with Crippen molar-refractivity contribution in [3.8, 4) is 11.3 Å². The van der Waals surface area contributed by atoms with E-state index in [1.807, 2.05) is 0 Å². The number of furan rings is 1. The number of carbonyl (C=O) groups is 4. The molecular formula is C32H26Cl2N2O9. The number of anilines is 2. The van der Waals surface area contributed by atoms with Crippen LogP contribution in [0.4, 0.5) is 11.4 Å². The van der Waals surface area contributed by atoms with Gasteiger partial charge in [-0.05, 0) is 60.7 Å². The van der Waals surface area contributed by atoms with Crippen molar-refractivity contribution in [2.24, 2.45) is 0 Å². The first-order valence-corrected chi connectivity index (χ1v) is 13.8. The van der Waals surface area contributed by atoms with Crippen molar-refractivity contribution in [1.82, 2.24) is 4.98 Å². The Balaban J connectivity index is 2.25. The fourth-order valence-corrected chi connectivity index (χ4v) is 4.76.